The van der Waals surface area contributed by atoms with Gasteiger partial charge in [-0.05, 0) is 61.1 Å². The topological polar surface area (TPSA) is 62.5 Å². The third-order valence-corrected chi connectivity index (χ3v) is 7.30. The molecule has 0 radical (unpaired) electrons. The number of hydrogen-bond donors (Lipinski definition) is 1. The number of benzene rings is 3. The Labute approximate surface area is 209 Å². The maximum atomic E-state index is 14.2. The zero-order valence-electron chi connectivity index (χ0n) is 20.2. The van der Waals surface area contributed by atoms with Gasteiger partial charge in [0.15, 0.2) is 0 Å². The van der Waals surface area contributed by atoms with Crippen molar-refractivity contribution in [3.8, 4) is 0 Å². The van der Waals surface area contributed by atoms with E-state index in [1.54, 1.807) is 10.6 Å². The molecule has 2 atom stereocenters. The van der Waals surface area contributed by atoms with Crippen LogP contribution in [0.3, 0.4) is 0 Å². The van der Waals surface area contributed by atoms with Crippen molar-refractivity contribution in [1.29, 1.82) is 0 Å². The van der Waals surface area contributed by atoms with E-state index in [4.69, 9.17) is 0 Å². The predicted molar refractivity (Wildman–Crippen MR) is 137 cm³/mol. The van der Waals surface area contributed by atoms with E-state index in [1.165, 1.54) is 12.1 Å². The van der Waals surface area contributed by atoms with E-state index in [-0.39, 0.29) is 30.2 Å². The molecule has 6 heteroatoms. The zero-order chi connectivity index (χ0) is 25.2. The van der Waals surface area contributed by atoms with Crippen LogP contribution in [0.4, 0.5) is 4.39 Å². The smallest absolute Gasteiger partial charge is 0.323 e. The van der Waals surface area contributed by atoms with E-state index in [2.05, 4.69) is 6.92 Å². The lowest BCUT2D eigenvalue weighted by molar-refractivity contribution is -0.139. The van der Waals surface area contributed by atoms with Crippen LogP contribution in [0, 0.1) is 11.7 Å². The van der Waals surface area contributed by atoms with Crippen LogP contribution in [0.1, 0.15) is 41.8 Å². The van der Waals surface area contributed by atoms with Crippen molar-refractivity contribution in [3.05, 3.63) is 107 Å². The number of aromatic nitrogens is 1. The Balaban J connectivity index is 1.50. The molecule has 4 aromatic rings. The largest absolute Gasteiger partial charge is 0.480 e. The van der Waals surface area contributed by atoms with Crippen molar-refractivity contribution in [3.63, 3.8) is 0 Å². The van der Waals surface area contributed by atoms with E-state index in [1.807, 2.05) is 65.6 Å². The molecule has 36 heavy (non-hydrogen) atoms. The average molecular weight is 485 g/mol. The number of hydrogen-bond acceptors (Lipinski definition) is 2. The molecule has 0 saturated heterocycles. The zero-order valence-corrected chi connectivity index (χ0v) is 20.2. The minimum atomic E-state index is -0.942. The molecule has 1 unspecified atom stereocenters. The number of rotatable bonds is 7. The quantitative estimate of drug-likeness (QED) is 0.363. The van der Waals surface area contributed by atoms with Crippen LogP contribution in [0.5, 0.6) is 0 Å². The van der Waals surface area contributed by atoms with Gasteiger partial charge in [-0.25, -0.2) is 4.39 Å². The van der Waals surface area contributed by atoms with Gasteiger partial charge in [-0.2, -0.15) is 0 Å². The van der Waals surface area contributed by atoms with Crippen LogP contribution in [-0.2, 0) is 35.5 Å². The van der Waals surface area contributed by atoms with Gasteiger partial charge < -0.3 is 14.6 Å². The van der Waals surface area contributed by atoms with Gasteiger partial charge in [-0.1, -0.05) is 60.7 Å². The fourth-order valence-electron chi connectivity index (χ4n) is 5.48. The van der Waals surface area contributed by atoms with Gasteiger partial charge in [0.1, 0.15) is 12.4 Å². The van der Waals surface area contributed by atoms with Crippen molar-refractivity contribution in [2.75, 3.05) is 0 Å². The van der Waals surface area contributed by atoms with E-state index < -0.39 is 5.97 Å². The lowest BCUT2D eigenvalue weighted by atomic mass is 9.84. The monoisotopic (exact) mass is 484 g/mol. The number of carboxylic acid groups (broad SMARTS) is 1. The Hall–Kier alpha value is -3.93. The summed E-state index contributed by atoms with van der Waals surface area (Å²) in [6, 6.07) is 24.3. The van der Waals surface area contributed by atoms with Crippen molar-refractivity contribution in [1.82, 2.24) is 9.47 Å². The molecule has 5 rings (SSSR count). The first-order chi connectivity index (χ1) is 17.4. The van der Waals surface area contributed by atoms with Crippen molar-refractivity contribution >= 4 is 22.8 Å². The number of aliphatic carboxylic acids is 1. The highest BCUT2D eigenvalue weighted by Gasteiger charge is 2.34. The van der Waals surface area contributed by atoms with E-state index in [0.717, 1.165) is 22.4 Å². The summed E-state index contributed by atoms with van der Waals surface area (Å²) in [6.07, 6.45) is 1.67. The second kappa shape index (κ2) is 9.97. The summed E-state index contributed by atoms with van der Waals surface area (Å²) in [5, 5.41) is 10.2. The van der Waals surface area contributed by atoms with E-state index in [0.29, 0.717) is 36.7 Å². The lowest BCUT2D eigenvalue weighted by Gasteiger charge is -2.34. The molecule has 1 aromatic heterocycles. The average Bonchev–Trinajstić information content (AvgIpc) is 3.19. The normalized spacial score (nSPS) is 15.9. The number of amides is 1. The summed E-state index contributed by atoms with van der Waals surface area (Å²) in [7, 11) is 0. The van der Waals surface area contributed by atoms with Crippen LogP contribution in [0.15, 0.2) is 78.9 Å². The Kier molecular flexibility index (Phi) is 6.59. The predicted octanol–water partition coefficient (Wildman–Crippen LogP) is 5.76. The molecule has 1 heterocycles. The number of carbonyl (C=O) groups excluding carboxylic acids is 1. The molecule has 1 aliphatic rings. The summed E-state index contributed by atoms with van der Waals surface area (Å²) in [5.74, 6) is -1.51. The highest BCUT2D eigenvalue weighted by Crippen LogP contribution is 2.37. The molecule has 0 aliphatic heterocycles. The fraction of sp³-hybridized carbons (Fsp3) is 0.267. The Morgan fingerprint density at radius 2 is 1.75 bits per heavy atom. The van der Waals surface area contributed by atoms with Gasteiger partial charge in [0.05, 0.1) is 6.04 Å². The molecule has 0 bridgehead atoms. The van der Waals surface area contributed by atoms with Crippen molar-refractivity contribution < 1.29 is 19.1 Å². The molecule has 0 fully saturated rings. The molecule has 1 amide bonds. The Morgan fingerprint density at radius 1 is 1.06 bits per heavy atom. The molecule has 184 valence electrons. The Bertz CT molecular complexity index is 1400. The molecule has 0 spiro atoms. The molecule has 1 N–H and O–H groups in total. The standard InChI is InChI=1S/C30H29FN2O3/c1-20(22-10-6-3-7-11-22)32(18-21-8-4-2-5-9-21)30(36)23-12-14-27-25(16-23)26-17-24(31)13-15-28(26)33(27)19-29(34)35/h2-11,13,15,17,20,23H,12,14,16,18-19H2,1H3,(H,34,35)/t20-,23?/m1/s1. The summed E-state index contributed by atoms with van der Waals surface area (Å²) >= 11 is 0. The second-order valence-corrected chi connectivity index (χ2v) is 9.54. The summed E-state index contributed by atoms with van der Waals surface area (Å²) < 4.78 is 16.0. The fourth-order valence-corrected chi connectivity index (χ4v) is 5.48. The third-order valence-electron chi connectivity index (χ3n) is 7.30. The summed E-state index contributed by atoms with van der Waals surface area (Å²) in [4.78, 5) is 27.6. The Morgan fingerprint density at radius 3 is 2.44 bits per heavy atom. The van der Waals surface area contributed by atoms with Crippen LogP contribution in [0.2, 0.25) is 0 Å². The highest BCUT2D eigenvalue weighted by atomic mass is 19.1. The van der Waals surface area contributed by atoms with Crippen LogP contribution in [-0.4, -0.2) is 26.5 Å². The van der Waals surface area contributed by atoms with E-state index in [9.17, 15) is 19.1 Å². The van der Waals surface area contributed by atoms with Gasteiger partial charge >= 0.3 is 5.97 Å². The SMILES string of the molecule is C[C@H](c1ccccc1)N(Cc1ccccc1)C(=O)C1CCc2c(c3cc(F)ccc3n2CC(=O)O)C1. The number of halogens is 1. The first-order valence-electron chi connectivity index (χ1n) is 12.3. The molecule has 5 nitrogen and oxygen atoms in total. The molecule has 1 aliphatic carbocycles. The first-order valence-corrected chi connectivity index (χ1v) is 12.3. The van der Waals surface area contributed by atoms with E-state index >= 15 is 0 Å². The first kappa shape index (κ1) is 23.8. The van der Waals surface area contributed by atoms with Gasteiger partial charge in [0.2, 0.25) is 5.91 Å². The second-order valence-electron chi connectivity index (χ2n) is 9.54. The van der Waals surface area contributed by atoms with Crippen molar-refractivity contribution in [2.24, 2.45) is 5.92 Å². The number of carboxylic acids is 1. The summed E-state index contributed by atoms with van der Waals surface area (Å²) in [5.41, 5.74) is 4.62. The van der Waals surface area contributed by atoms with Gasteiger partial charge in [0.25, 0.3) is 0 Å². The van der Waals surface area contributed by atoms with Gasteiger partial charge in [-0.3, -0.25) is 9.59 Å². The third kappa shape index (κ3) is 4.63. The van der Waals surface area contributed by atoms with Crippen molar-refractivity contribution in [2.45, 2.75) is 45.3 Å². The molecule has 3 aromatic carbocycles. The minimum absolute atomic E-state index is 0.0661. The lowest BCUT2D eigenvalue weighted by Crippen LogP contribution is -2.39. The maximum absolute atomic E-state index is 14.2. The molecule has 0 saturated carbocycles. The summed E-state index contributed by atoms with van der Waals surface area (Å²) in [6.45, 7) is 2.37. The maximum Gasteiger partial charge on any atom is 0.323 e. The minimum Gasteiger partial charge on any atom is -0.480 e. The number of carbonyl (C=O) groups is 2. The number of fused-ring (bicyclic) bond motifs is 3. The van der Waals surface area contributed by atoms with Crippen LogP contribution < -0.4 is 0 Å². The van der Waals surface area contributed by atoms with Crippen LogP contribution >= 0.6 is 0 Å². The van der Waals surface area contributed by atoms with Gasteiger partial charge in [-0.15, -0.1) is 0 Å². The van der Waals surface area contributed by atoms with Crippen LogP contribution in [0.25, 0.3) is 10.9 Å². The molecular weight excluding hydrogens is 455 g/mol. The number of nitrogens with zero attached hydrogens (tertiary/aromatic N) is 2. The van der Waals surface area contributed by atoms with Gasteiger partial charge in [0, 0.05) is 29.1 Å². The molecular formula is C30H29FN2O3. The highest BCUT2D eigenvalue weighted by molar-refractivity contribution is 5.89.